The Balaban J connectivity index is 2.40. The second-order valence-corrected chi connectivity index (χ2v) is 4.70. The number of nitrogens with zero attached hydrogens (tertiary/aromatic N) is 1. The molecule has 1 aliphatic carbocycles. The van der Waals surface area contributed by atoms with E-state index < -0.39 is 10.0 Å². The maximum Gasteiger partial charge on any atom is 0.214 e. The molecule has 7 heteroatoms. The summed E-state index contributed by atoms with van der Waals surface area (Å²) in [4.78, 5) is 0. The van der Waals surface area contributed by atoms with Crippen LogP contribution in [0.5, 0.6) is 0 Å². The Morgan fingerprint density at radius 3 is 2.67 bits per heavy atom. The molecule has 0 aromatic heterocycles. The molecule has 0 bridgehead atoms. The van der Waals surface area contributed by atoms with Crippen LogP contribution in [0.3, 0.4) is 0 Å². The van der Waals surface area contributed by atoms with E-state index in [1.54, 1.807) is 0 Å². The van der Waals surface area contributed by atoms with Crippen LogP contribution in [0.2, 0.25) is 0 Å². The lowest BCUT2D eigenvalue weighted by atomic mass is 10.6. The first-order valence-corrected chi connectivity index (χ1v) is 5.06. The minimum atomic E-state index is -3.21. The van der Waals surface area contributed by atoms with Gasteiger partial charge in [-0.2, -0.15) is 0 Å². The van der Waals surface area contributed by atoms with E-state index in [1.807, 2.05) is 0 Å². The van der Waals surface area contributed by atoms with Crippen molar-refractivity contribution in [2.24, 2.45) is 10.9 Å². The minimum absolute atomic E-state index is 0.130. The fourth-order valence-corrected chi connectivity index (χ4v) is 2.05. The molecule has 1 rings (SSSR count). The molecule has 0 aromatic carbocycles. The van der Waals surface area contributed by atoms with Crippen molar-refractivity contribution in [2.75, 3.05) is 6.54 Å². The van der Waals surface area contributed by atoms with E-state index >= 15 is 0 Å². The van der Waals surface area contributed by atoms with Gasteiger partial charge < -0.3 is 10.9 Å². The van der Waals surface area contributed by atoms with Gasteiger partial charge in [-0.1, -0.05) is 5.16 Å². The van der Waals surface area contributed by atoms with Gasteiger partial charge in [-0.05, 0) is 12.8 Å². The molecule has 6 nitrogen and oxygen atoms in total. The van der Waals surface area contributed by atoms with Crippen molar-refractivity contribution >= 4 is 15.9 Å². The zero-order valence-electron chi connectivity index (χ0n) is 6.40. The molecule has 1 saturated carbocycles. The molecule has 4 N–H and O–H groups in total. The van der Waals surface area contributed by atoms with E-state index in [9.17, 15) is 8.42 Å². The fourth-order valence-electron chi connectivity index (χ4n) is 0.706. The maximum atomic E-state index is 11.1. The third-order valence-corrected chi connectivity index (χ3v) is 3.44. The van der Waals surface area contributed by atoms with Crippen molar-refractivity contribution in [3.05, 3.63) is 0 Å². The van der Waals surface area contributed by atoms with Crippen molar-refractivity contribution in [2.45, 2.75) is 18.1 Å². The van der Waals surface area contributed by atoms with E-state index in [0.717, 1.165) is 0 Å². The van der Waals surface area contributed by atoms with Gasteiger partial charge in [0.25, 0.3) is 0 Å². The van der Waals surface area contributed by atoms with Crippen molar-refractivity contribution in [3.8, 4) is 0 Å². The number of nitrogens with two attached hydrogens (primary N) is 1. The topological polar surface area (TPSA) is 105 Å². The van der Waals surface area contributed by atoms with Gasteiger partial charge in [-0.15, -0.1) is 0 Å². The third-order valence-electron chi connectivity index (χ3n) is 1.55. The van der Waals surface area contributed by atoms with Gasteiger partial charge in [0.15, 0.2) is 5.84 Å². The first kappa shape index (κ1) is 9.27. The first-order valence-electron chi connectivity index (χ1n) is 3.51. The predicted octanol–water partition coefficient (Wildman–Crippen LogP) is -1.19. The molecule has 0 unspecified atom stereocenters. The highest BCUT2D eigenvalue weighted by molar-refractivity contribution is 7.90. The van der Waals surface area contributed by atoms with Crippen LogP contribution in [0, 0.1) is 0 Å². The molecule has 0 atom stereocenters. The number of rotatable bonds is 4. The molecule has 70 valence electrons. The number of oxime groups is 1. The van der Waals surface area contributed by atoms with Gasteiger partial charge >= 0.3 is 0 Å². The largest absolute Gasteiger partial charge is 0.409 e. The van der Waals surface area contributed by atoms with Crippen LogP contribution in [-0.2, 0) is 10.0 Å². The molecule has 0 aliphatic heterocycles. The van der Waals surface area contributed by atoms with Crippen molar-refractivity contribution in [1.82, 2.24) is 4.72 Å². The molecular weight excluding hydrogens is 182 g/mol. The number of nitrogens with one attached hydrogen (secondary N) is 1. The quantitative estimate of drug-likeness (QED) is 0.226. The number of sulfonamides is 1. The average Bonchev–Trinajstić information content (AvgIpc) is 2.82. The second kappa shape index (κ2) is 3.28. The Bertz CT molecular complexity index is 280. The molecule has 0 heterocycles. The van der Waals surface area contributed by atoms with Crippen molar-refractivity contribution in [3.63, 3.8) is 0 Å². The number of hydrogen-bond acceptors (Lipinski definition) is 4. The van der Waals surface area contributed by atoms with Crippen molar-refractivity contribution < 1.29 is 13.6 Å². The Morgan fingerprint density at radius 1 is 1.67 bits per heavy atom. The Morgan fingerprint density at radius 2 is 2.25 bits per heavy atom. The minimum Gasteiger partial charge on any atom is -0.409 e. The summed E-state index contributed by atoms with van der Waals surface area (Å²) < 4.78 is 24.4. The van der Waals surface area contributed by atoms with Crippen LogP contribution in [-0.4, -0.2) is 31.3 Å². The molecule has 1 fully saturated rings. The van der Waals surface area contributed by atoms with Crippen LogP contribution in [0.4, 0.5) is 0 Å². The Kier molecular flexibility index (Phi) is 2.53. The highest BCUT2D eigenvalue weighted by Gasteiger charge is 2.35. The summed E-state index contributed by atoms with van der Waals surface area (Å²) in [6.45, 7) is -0.130. The SMILES string of the molecule is NC(CNS(=O)(=O)C1CC1)=NO. The van der Waals surface area contributed by atoms with Crippen molar-refractivity contribution in [1.29, 1.82) is 0 Å². The number of hydrogen-bond donors (Lipinski definition) is 3. The summed E-state index contributed by atoms with van der Waals surface area (Å²) in [7, 11) is -3.21. The lowest BCUT2D eigenvalue weighted by molar-refractivity contribution is 0.317. The second-order valence-electron chi connectivity index (χ2n) is 2.66. The highest BCUT2D eigenvalue weighted by atomic mass is 32.2. The average molecular weight is 193 g/mol. The van der Waals surface area contributed by atoms with E-state index in [4.69, 9.17) is 10.9 Å². The molecule has 0 saturated heterocycles. The first-order chi connectivity index (χ1) is 5.56. The van der Waals surface area contributed by atoms with E-state index in [0.29, 0.717) is 12.8 Å². The van der Waals surface area contributed by atoms with Gasteiger partial charge in [0.2, 0.25) is 10.0 Å². The van der Waals surface area contributed by atoms with Crippen LogP contribution >= 0.6 is 0 Å². The molecule has 0 amide bonds. The fraction of sp³-hybridized carbons (Fsp3) is 0.800. The molecular formula is C5H11N3O3S. The van der Waals surface area contributed by atoms with E-state index in [1.165, 1.54) is 0 Å². The summed E-state index contributed by atoms with van der Waals surface area (Å²) in [5, 5.41) is 10.5. The Labute approximate surface area is 70.5 Å². The normalized spacial score (nSPS) is 19.5. The van der Waals surface area contributed by atoms with E-state index in [-0.39, 0.29) is 17.6 Å². The lowest BCUT2D eigenvalue weighted by Gasteiger charge is -2.02. The predicted molar refractivity (Wildman–Crippen MR) is 43.4 cm³/mol. The van der Waals surface area contributed by atoms with Gasteiger partial charge in [0, 0.05) is 0 Å². The summed E-state index contributed by atoms with van der Waals surface area (Å²) in [6.07, 6.45) is 1.40. The van der Waals surface area contributed by atoms with Crippen LogP contribution < -0.4 is 10.5 Å². The van der Waals surface area contributed by atoms with Gasteiger partial charge in [-0.3, -0.25) is 0 Å². The van der Waals surface area contributed by atoms with Crippen LogP contribution in [0.15, 0.2) is 5.16 Å². The Hall–Kier alpha value is -0.820. The summed E-state index contributed by atoms with van der Waals surface area (Å²) >= 11 is 0. The van der Waals surface area contributed by atoms with Gasteiger partial charge in [0.1, 0.15) is 0 Å². The number of amidine groups is 1. The molecule has 0 spiro atoms. The molecule has 0 aromatic rings. The zero-order chi connectivity index (χ0) is 9.19. The van der Waals surface area contributed by atoms with Gasteiger partial charge in [0.05, 0.1) is 11.8 Å². The molecule has 0 radical (unpaired) electrons. The van der Waals surface area contributed by atoms with Crippen LogP contribution in [0.25, 0.3) is 0 Å². The third kappa shape index (κ3) is 2.35. The maximum absolute atomic E-state index is 11.1. The van der Waals surface area contributed by atoms with E-state index in [2.05, 4.69) is 9.88 Å². The monoisotopic (exact) mass is 193 g/mol. The summed E-state index contributed by atoms with van der Waals surface area (Å²) in [5.41, 5.74) is 5.07. The molecule has 1 aliphatic rings. The molecule has 12 heavy (non-hydrogen) atoms. The zero-order valence-corrected chi connectivity index (χ0v) is 7.21. The highest BCUT2D eigenvalue weighted by Crippen LogP contribution is 2.27. The standard InChI is InChI=1S/C5H11N3O3S/c6-5(8-9)3-7-12(10,11)4-1-2-4/h4,7,9H,1-3H2,(H2,6,8). The van der Waals surface area contributed by atoms with Crippen LogP contribution in [0.1, 0.15) is 12.8 Å². The summed E-state index contributed by atoms with van der Waals surface area (Å²) in [5.74, 6) is -0.140. The van der Waals surface area contributed by atoms with Gasteiger partial charge in [-0.25, -0.2) is 13.1 Å². The lowest BCUT2D eigenvalue weighted by Crippen LogP contribution is -2.35. The smallest absolute Gasteiger partial charge is 0.214 e. The summed E-state index contributed by atoms with van der Waals surface area (Å²) in [6, 6.07) is 0.